The van der Waals surface area contributed by atoms with Crippen LogP contribution in [-0.4, -0.2) is 39.5 Å². The van der Waals surface area contributed by atoms with Crippen molar-refractivity contribution in [2.24, 2.45) is 0 Å². The first kappa shape index (κ1) is 17.3. The van der Waals surface area contributed by atoms with Gasteiger partial charge in [-0.3, -0.25) is 19.2 Å². The molecule has 1 rings (SSSR count). The Bertz CT molecular complexity index is 360. The lowest BCUT2D eigenvalue weighted by Crippen LogP contribution is -2.76. The van der Waals surface area contributed by atoms with Crippen molar-refractivity contribution in [1.29, 1.82) is 0 Å². The molecule has 0 radical (unpaired) electrons. The quantitative estimate of drug-likeness (QED) is 0.600. The molecule has 1 aliphatic rings. The van der Waals surface area contributed by atoms with E-state index in [2.05, 4.69) is 5.32 Å². The van der Waals surface area contributed by atoms with Crippen molar-refractivity contribution in [3.8, 4) is 0 Å². The molecule has 2 amide bonds. The Kier molecular flexibility index (Phi) is 6.18. The predicted molar refractivity (Wildman–Crippen MR) is 73.1 cm³/mol. The number of amides is 2. The summed E-state index contributed by atoms with van der Waals surface area (Å²) in [5, 5.41) is 3.69. The van der Waals surface area contributed by atoms with Crippen LogP contribution in [0.2, 0.25) is 0 Å². The van der Waals surface area contributed by atoms with Crippen molar-refractivity contribution < 1.29 is 19.2 Å². The number of nitrogens with one attached hydrogen (secondary N) is 1. The van der Waals surface area contributed by atoms with Crippen LogP contribution in [0.1, 0.15) is 27.7 Å². The summed E-state index contributed by atoms with van der Waals surface area (Å²) in [6.07, 6.45) is 0. The summed E-state index contributed by atoms with van der Waals surface area (Å²) in [7, 11) is 0. The largest absolute Gasteiger partial charge is 0.342 e. The minimum Gasteiger partial charge on any atom is -0.342 e. The van der Waals surface area contributed by atoms with Gasteiger partial charge in [0.15, 0.2) is 5.12 Å². The molecule has 1 aliphatic heterocycles. The number of nitrogens with zero attached hydrogens (tertiary/aromatic N) is 1. The Morgan fingerprint density at radius 2 is 2.00 bits per heavy atom. The molecule has 18 heavy (non-hydrogen) atoms. The first-order valence-electron chi connectivity index (χ1n) is 5.14. The third kappa shape index (κ3) is 3.63. The Balaban J connectivity index is 0.00000289. The van der Waals surface area contributed by atoms with Gasteiger partial charge in [0.2, 0.25) is 5.91 Å². The van der Waals surface area contributed by atoms with Crippen molar-refractivity contribution in [3.05, 3.63) is 0 Å². The lowest BCUT2D eigenvalue weighted by molar-refractivity contribution is -0.249. The maximum Gasteiger partial charge on any atom is 0.271 e. The molecular formula is C10H18N2O4S2. The standard InChI is InChI=1S/C10H16N2O4S.H2S/c1-6(13)11-8-9(15)12(10(8,3)4)16-5-17-7(2)14;/h8H,5H2,1-4H3,(H,11,13);1H2/t8-;/m1./s1. The van der Waals surface area contributed by atoms with Crippen LogP contribution in [0.4, 0.5) is 0 Å². The van der Waals surface area contributed by atoms with Crippen LogP contribution in [-0.2, 0) is 19.2 Å². The molecule has 1 heterocycles. The van der Waals surface area contributed by atoms with Gasteiger partial charge >= 0.3 is 0 Å². The molecular weight excluding hydrogens is 276 g/mol. The van der Waals surface area contributed by atoms with Crippen LogP contribution in [0.5, 0.6) is 0 Å². The topological polar surface area (TPSA) is 75.7 Å². The molecule has 1 N–H and O–H groups in total. The first-order chi connectivity index (χ1) is 7.76. The highest BCUT2D eigenvalue weighted by molar-refractivity contribution is 8.13. The van der Waals surface area contributed by atoms with Crippen LogP contribution in [0, 0.1) is 0 Å². The van der Waals surface area contributed by atoms with Gasteiger partial charge in [0, 0.05) is 13.8 Å². The second-order valence-electron chi connectivity index (χ2n) is 4.30. The molecule has 0 bridgehead atoms. The van der Waals surface area contributed by atoms with Crippen molar-refractivity contribution in [2.75, 3.05) is 5.94 Å². The van der Waals surface area contributed by atoms with E-state index in [-0.39, 0.29) is 36.4 Å². The van der Waals surface area contributed by atoms with Crippen LogP contribution in [0.3, 0.4) is 0 Å². The summed E-state index contributed by atoms with van der Waals surface area (Å²) in [6.45, 7) is 6.36. The molecule has 0 aromatic heterocycles. The van der Waals surface area contributed by atoms with E-state index in [4.69, 9.17) is 4.84 Å². The monoisotopic (exact) mass is 294 g/mol. The van der Waals surface area contributed by atoms with Gasteiger partial charge in [0.1, 0.15) is 12.0 Å². The summed E-state index contributed by atoms with van der Waals surface area (Å²) in [5.74, 6) is -0.458. The maximum atomic E-state index is 11.7. The summed E-state index contributed by atoms with van der Waals surface area (Å²) in [5.41, 5.74) is -0.597. The molecule has 1 atom stereocenters. The molecule has 1 fully saturated rings. The molecule has 0 unspecified atom stereocenters. The average molecular weight is 294 g/mol. The predicted octanol–water partition coefficient (Wildman–Crippen LogP) is 0.394. The minimum absolute atomic E-state index is 0. The molecule has 0 saturated carbocycles. The van der Waals surface area contributed by atoms with E-state index < -0.39 is 11.6 Å². The van der Waals surface area contributed by atoms with Crippen LogP contribution in [0.25, 0.3) is 0 Å². The van der Waals surface area contributed by atoms with Gasteiger partial charge in [-0.2, -0.15) is 13.5 Å². The molecule has 0 spiro atoms. The summed E-state index contributed by atoms with van der Waals surface area (Å²) < 4.78 is 0. The lowest BCUT2D eigenvalue weighted by atomic mass is 9.84. The van der Waals surface area contributed by atoms with Crippen LogP contribution in [0.15, 0.2) is 0 Å². The highest BCUT2D eigenvalue weighted by Crippen LogP contribution is 2.32. The molecule has 0 aliphatic carbocycles. The number of carbonyl (C=O) groups is 3. The number of rotatable bonds is 4. The number of β-lactam (4-membered cyclic amide) rings is 1. The average Bonchev–Trinajstić information content (AvgIpc) is 2.19. The van der Waals surface area contributed by atoms with E-state index in [1.54, 1.807) is 13.8 Å². The van der Waals surface area contributed by atoms with E-state index >= 15 is 0 Å². The molecule has 1 saturated heterocycles. The van der Waals surface area contributed by atoms with Crippen LogP contribution < -0.4 is 5.32 Å². The fourth-order valence-electron chi connectivity index (χ4n) is 1.59. The lowest BCUT2D eigenvalue weighted by Gasteiger charge is -2.51. The molecule has 104 valence electrons. The minimum atomic E-state index is -0.597. The van der Waals surface area contributed by atoms with E-state index in [1.807, 2.05) is 0 Å². The fraction of sp³-hybridized carbons (Fsp3) is 0.700. The van der Waals surface area contributed by atoms with Gasteiger partial charge in [0.25, 0.3) is 5.91 Å². The van der Waals surface area contributed by atoms with Crippen molar-refractivity contribution in [3.63, 3.8) is 0 Å². The number of hydrogen-bond donors (Lipinski definition) is 1. The van der Waals surface area contributed by atoms with Gasteiger partial charge in [-0.05, 0) is 13.8 Å². The smallest absolute Gasteiger partial charge is 0.271 e. The highest BCUT2D eigenvalue weighted by Gasteiger charge is 2.56. The van der Waals surface area contributed by atoms with Gasteiger partial charge in [0.05, 0.1) is 5.54 Å². The normalized spacial score (nSPS) is 20.8. The van der Waals surface area contributed by atoms with Gasteiger partial charge < -0.3 is 5.32 Å². The van der Waals surface area contributed by atoms with Crippen molar-refractivity contribution >= 4 is 42.2 Å². The Hall–Kier alpha value is -0.730. The summed E-state index contributed by atoms with van der Waals surface area (Å²) in [6, 6.07) is -0.567. The number of hydroxylamine groups is 2. The Morgan fingerprint density at radius 3 is 2.39 bits per heavy atom. The van der Waals surface area contributed by atoms with E-state index in [0.29, 0.717) is 0 Å². The molecule has 0 aromatic rings. The Labute approximate surface area is 117 Å². The second kappa shape index (κ2) is 6.44. The summed E-state index contributed by atoms with van der Waals surface area (Å²) >= 11 is 0.984. The van der Waals surface area contributed by atoms with Crippen LogP contribution >= 0.6 is 25.3 Å². The van der Waals surface area contributed by atoms with E-state index in [1.165, 1.54) is 18.9 Å². The Morgan fingerprint density at radius 1 is 1.44 bits per heavy atom. The molecule has 0 aromatic carbocycles. The first-order valence-corrected chi connectivity index (χ1v) is 6.13. The van der Waals surface area contributed by atoms with Gasteiger partial charge in [-0.15, -0.1) is 0 Å². The van der Waals surface area contributed by atoms with Crippen molar-refractivity contribution in [2.45, 2.75) is 39.3 Å². The number of hydrogen-bond acceptors (Lipinski definition) is 5. The van der Waals surface area contributed by atoms with Gasteiger partial charge in [-0.25, -0.2) is 5.06 Å². The zero-order valence-corrected chi connectivity index (χ0v) is 12.6. The SMILES string of the molecule is CC(=O)N[C@@H]1C(=O)N(OCSC(C)=O)C1(C)C.S. The molecule has 8 heteroatoms. The maximum absolute atomic E-state index is 11.7. The van der Waals surface area contributed by atoms with Crippen molar-refractivity contribution in [1.82, 2.24) is 10.4 Å². The zero-order valence-electron chi connectivity index (χ0n) is 10.8. The van der Waals surface area contributed by atoms with Gasteiger partial charge in [-0.1, -0.05) is 11.8 Å². The summed E-state index contributed by atoms with van der Waals surface area (Å²) in [4.78, 5) is 38.5. The molecule has 6 nitrogen and oxygen atoms in total. The number of carbonyl (C=O) groups excluding carboxylic acids is 3. The fourth-order valence-corrected chi connectivity index (χ4v) is 1.91. The second-order valence-corrected chi connectivity index (χ2v) is 5.40. The highest BCUT2D eigenvalue weighted by atomic mass is 32.2. The zero-order chi connectivity index (χ0) is 13.2. The van der Waals surface area contributed by atoms with E-state index in [0.717, 1.165) is 11.8 Å². The van der Waals surface area contributed by atoms with E-state index in [9.17, 15) is 14.4 Å². The third-order valence-electron chi connectivity index (χ3n) is 2.47. The number of thioether (sulfide) groups is 1. The third-order valence-corrected chi connectivity index (χ3v) is 3.10.